The first-order chi connectivity index (χ1) is 8.47. The van der Waals surface area contributed by atoms with Crippen LogP contribution in [0.2, 0.25) is 0 Å². The number of hydrogen-bond donors (Lipinski definition) is 1. The molecule has 1 aliphatic carbocycles. The Morgan fingerprint density at radius 1 is 1.06 bits per heavy atom. The number of hydrogen-bond acceptors (Lipinski definition) is 3. The van der Waals surface area contributed by atoms with Crippen molar-refractivity contribution >= 4 is 0 Å². The molecule has 2 aliphatic rings. The van der Waals surface area contributed by atoms with Gasteiger partial charge < -0.3 is 10.0 Å². The first kappa shape index (κ1) is 14.3. The summed E-state index contributed by atoms with van der Waals surface area (Å²) in [6.45, 7) is 12.9. The van der Waals surface area contributed by atoms with Gasteiger partial charge in [-0.25, -0.2) is 0 Å². The second kappa shape index (κ2) is 5.89. The summed E-state index contributed by atoms with van der Waals surface area (Å²) in [5.41, 5.74) is 0.313. The molecular formula is C15H30N2O. The quantitative estimate of drug-likeness (QED) is 0.834. The Kier molecular flexibility index (Phi) is 4.68. The molecule has 0 aromatic rings. The van der Waals surface area contributed by atoms with Crippen molar-refractivity contribution in [2.75, 3.05) is 32.7 Å². The number of aliphatic hydroxyl groups is 1. The standard InChI is InChI=1S/C15H30N2O/c1-15(2,3)17-11-9-16(10-12-17)8-7-13-5-4-6-14(13)18/h13-14,18H,4-12H2,1-3H3. The highest BCUT2D eigenvalue weighted by atomic mass is 16.3. The smallest absolute Gasteiger partial charge is 0.0568 e. The van der Waals surface area contributed by atoms with E-state index in [0.717, 1.165) is 6.42 Å². The van der Waals surface area contributed by atoms with E-state index in [-0.39, 0.29) is 6.10 Å². The van der Waals surface area contributed by atoms with E-state index in [4.69, 9.17) is 0 Å². The van der Waals surface area contributed by atoms with Crippen molar-refractivity contribution in [2.45, 2.75) is 58.1 Å². The Bertz CT molecular complexity index is 254. The first-order valence-corrected chi connectivity index (χ1v) is 7.62. The van der Waals surface area contributed by atoms with E-state index in [0.29, 0.717) is 11.5 Å². The fourth-order valence-electron chi connectivity index (χ4n) is 3.34. The molecule has 1 aliphatic heterocycles. The summed E-state index contributed by atoms with van der Waals surface area (Å²) in [5, 5.41) is 9.84. The number of aliphatic hydroxyl groups excluding tert-OH is 1. The summed E-state index contributed by atoms with van der Waals surface area (Å²) in [4.78, 5) is 5.15. The molecule has 3 heteroatoms. The largest absolute Gasteiger partial charge is 0.393 e. The van der Waals surface area contributed by atoms with Crippen molar-refractivity contribution in [3.63, 3.8) is 0 Å². The monoisotopic (exact) mass is 254 g/mol. The molecule has 0 spiro atoms. The molecule has 0 radical (unpaired) electrons. The number of piperazine rings is 1. The van der Waals surface area contributed by atoms with Crippen molar-refractivity contribution in [2.24, 2.45) is 5.92 Å². The van der Waals surface area contributed by atoms with Crippen LogP contribution in [-0.2, 0) is 0 Å². The fraction of sp³-hybridized carbons (Fsp3) is 1.00. The fourth-order valence-corrected chi connectivity index (χ4v) is 3.34. The summed E-state index contributed by atoms with van der Waals surface area (Å²) < 4.78 is 0. The third-order valence-corrected chi connectivity index (χ3v) is 4.76. The molecule has 2 fully saturated rings. The van der Waals surface area contributed by atoms with E-state index in [2.05, 4.69) is 30.6 Å². The third kappa shape index (κ3) is 3.69. The van der Waals surface area contributed by atoms with Crippen LogP contribution in [0.4, 0.5) is 0 Å². The highest BCUT2D eigenvalue weighted by Gasteiger charge is 2.28. The average Bonchev–Trinajstić information content (AvgIpc) is 2.72. The Labute approximate surface area is 112 Å². The molecule has 2 unspecified atom stereocenters. The van der Waals surface area contributed by atoms with Gasteiger partial charge >= 0.3 is 0 Å². The van der Waals surface area contributed by atoms with E-state index in [1.54, 1.807) is 0 Å². The Hall–Kier alpha value is -0.120. The lowest BCUT2D eigenvalue weighted by Gasteiger charge is -2.42. The van der Waals surface area contributed by atoms with Gasteiger partial charge in [-0.15, -0.1) is 0 Å². The molecule has 1 N–H and O–H groups in total. The summed E-state index contributed by atoms with van der Waals surface area (Å²) in [5.74, 6) is 0.575. The van der Waals surface area contributed by atoms with Crippen LogP contribution in [0.15, 0.2) is 0 Å². The zero-order valence-electron chi connectivity index (χ0n) is 12.4. The molecule has 1 saturated carbocycles. The number of rotatable bonds is 3. The van der Waals surface area contributed by atoms with Gasteiger partial charge in [0.2, 0.25) is 0 Å². The van der Waals surface area contributed by atoms with Gasteiger partial charge in [-0.05, 0) is 52.5 Å². The topological polar surface area (TPSA) is 26.7 Å². The van der Waals surface area contributed by atoms with Crippen LogP contribution < -0.4 is 0 Å². The van der Waals surface area contributed by atoms with Gasteiger partial charge in [0, 0.05) is 31.7 Å². The second-order valence-corrected chi connectivity index (χ2v) is 7.05. The average molecular weight is 254 g/mol. The zero-order chi connectivity index (χ0) is 13.2. The van der Waals surface area contributed by atoms with Crippen molar-refractivity contribution in [1.82, 2.24) is 9.80 Å². The molecular weight excluding hydrogens is 224 g/mol. The lowest BCUT2D eigenvalue weighted by molar-refractivity contribution is 0.0544. The maximum Gasteiger partial charge on any atom is 0.0568 e. The van der Waals surface area contributed by atoms with Crippen LogP contribution in [0, 0.1) is 5.92 Å². The minimum Gasteiger partial charge on any atom is -0.393 e. The molecule has 3 nitrogen and oxygen atoms in total. The minimum absolute atomic E-state index is 0.0131. The van der Waals surface area contributed by atoms with E-state index in [9.17, 15) is 5.11 Å². The molecule has 0 amide bonds. The van der Waals surface area contributed by atoms with E-state index < -0.39 is 0 Å². The highest BCUT2D eigenvalue weighted by molar-refractivity contribution is 4.83. The lowest BCUT2D eigenvalue weighted by Crippen LogP contribution is -2.53. The predicted octanol–water partition coefficient (Wildman–Crippen LogP) is 1.95. The zero-order valence-corrected chi connectivity index (χ0v) is 12.4. The minimum atomic E-state index is -0.0131. The molecule has 1 heterocycles. The normalized spacial score (nSPS) is 32.0. The van der Waals surface area contributed by atoms with Crippen LogP contribution in [0.25, 0.3) is 0 Å². The van der Waals surface area contributed by atoms with Crippen LogP contribution in [0.5, 0.6) is 0 Å². The van der Waals surface area contributed by atoms with Crippen molar-refractivity contribution < 1.29 is 5.11 Å². The van der Waals surface area contributed by atoms with Gasteiger partial charge in [-0.3, -0.25) is 4.90 Å². The summed E-state index contributed by atoms with van der Waals surface area (Å²) in [6, 6.07) is 0. The number of nitrogens with zero attached hydrogens (tertiary/aromatic N) is 2. The van der Waals surface area contributed by atoms with E-state index in [1.165, 1.54) is 52.0 Å². The van der Waals surface area contributed by atoms with Crippen LogP contribution in [0.1, 0.15) is 46.5 Å². The molecule has 2 atom stereocenters. The van der Waals surface area contributed by atoms with Crippen molar-refractivity contribution in [1.29, 1.82) is 0 Å². The third-order valence-electron chi connectivity index (χ3n) is 4.76. The maximum absolute atomic E-state index is 9.84. The van der Waals surface area contributed by atoms with E-state index >= 15 is 0 Å². The van der Waals surface area contributed by atoms with Gasteiger partial charge in [0.25, 0.3) is 0 Å². The van der Waals surface area contributed by atoms with Crippen LogP contribution in [-0.4, -0.2) is 59.3 Å². The van der Waals surface area contributed by atoms with Gasteiger partial charge in [0.05, 0.1) is 6.10 Å². The first-order valence-electron chi connectivity index (χ1n) is 7.62. The predicted molar refractivity (Wildman–Crippen MR) is 75.7 cm³/mol. The molecule has 1 saturated heterocycles. The van der Waals surface area contributed by atoms with Gasteiger partial charge in [0.1, 0.15) is 0 Å². The summed E-state index contributed by atoms with van der Waals surface area (Å²) >= 11 is 0. The van der Waals surface area contributed by atoms with E-state index in [1.807, 2.05) is 0 Å². The molecule has 18 heavy (non-hydrogen) atoms. The Balaban J connectivity index is 1.67. The maximum atomic E-state index is 9.84. The SMILES string of the molecule is CC(C)(C)N1CCN(CCC2CCCC2O)CC1. The van der Waals surface area contributed by atoms with Crippen molar-refractivity contribution in [3.8, 4) is 0 Å². The van der Waals surface area contributed by atoms with Gasteiger partial charge in [-0.1, -0.05) is 6.42 Å². The molecule has 0 bridgehead atoms. The molecule has 106 valence electrons. The van der Waals surface area contributed by atoms with Gasteiger partial charge in [0.15, 0.2) is 0 Å². The Morgan fingerprint density at radius 3 is 2.22 bits per heavy atom. The second-order valence-electron chi connectivity index (χ2n) is 7.05. The molecule has 2 rings (SSSR count). The van der Waals surface area contributed by atoms with Gasteiger partial charge in [-0.2, -0.15) is 0 Å². The van der Waals surface area contributed by atoms with Crippen LogP contribution >= 0.6 is 0 Å². The Morgan fingerprint density at radius 2 is 1.72 bits per heavy atom. The lowest BCUT2D eigenvalue weighted by atomic mass is 10.0. The highest BCUT2D eigenvalue weighted by Crippen LogP contribution is 2.28. The van der Waals surface area contributed by atoms with Crippen LogP contribution in [0.3, 0.4) is 0 Å². The molecule has 0 aromatic carbocycles. The summed E-state index contributed by atoms with van der Waals surface area (Å²) in [7, 11) is 0. The molecule has 0 aromatic heterocycles. The summed E-state index contributed by atoms with van der Waals surface area (Å²) in [6.07, 6.45) is 4.67. The van der Waals surface area contributed by atoms with Crippen molar-refractivity contribution in [3.05, 3.63) is 0 Å².